The maximum absolute atomic E-state index is 13.4. The number of aromatic nitrogens is 2. The topological polar surface area (TPSA) is 70.2 Å². The van der Waals surface area contributed by atoms with Gasteiger partial charge in [0.25, 0.3) is 5.91 Å². The minimum atomic E-state index is -0.425. The number of halogens is 1. The first-order valence-corrected chi connectivity index (χ1v) is 9.41. The van der Waals surface area contributed by atoms with E-state index in [1.807, 2.05) is 44.4 Å². The number of rotatable bonds is 8. The lowest BCUT2D eigenvalue weighted by atomic mass is 10.2. The smallest absolute Gasteiger partial charge is 0.274 e. The highest BCUT2D eigenvalue weighted by Gasteiger charge is 2.14. The molecule has 0 unspecified atom stereocenters. The van der Waals surface area contributed by atoms with Crippen molar-refractivity contribution < 1.29 is 9.18 Å². The van der Waals surface area contributed by atoms with Crippen molar-refractivity contribution in [2.45, 2.75) is 6.42 Å². The van der Waals surface area contributed by atoms with Gasteiger partial charge < -0.3 is 15.5 Å². The molecule has 0 bridgehead atoms. The third-order valence-electron chi connectivity index (χ3n) is 4.16. The van der Waals surface area contributed by atoms with E-state index in [4.69, 9.17) is 0 Å². The van der Waals surface area contributed by atoms with Crippen LogP contribution in [0.15, 0.2) is 60.7 Å². The number of hydrogen-bond donors (Lipinski definition) is 2. The Morgan fingerprint density at radius 1 is 1.03 bits per heavy atom. The number of nitrogens with zero attached hydrogens (tertiary/aromatic N) is 3. The maximum atomic E-state index is 13.4. The molecule has 29 heavy (non-hydrogen) atoms. The lowest BCUT2D eigenvalue weighted by Crippen LogP contribution is -2.18. The summed E-state index contributed by atoms with van der Waals surface area (Å²) in [5.74, 6) is 0.180. The van der Waals surface area contributed by atoms with Gasteiger partial charge in [-0.3, -0.25) is 4.79 Å². The van der Waals surface area contributed by atoms with Crippen molar-refractivity contribution in [3.05, 3.63) is 72.2 Å². The summed E-state index contributed by atoms with van der Waals surface area (Å²) in [6.45, 7) is 1.66. The van der Waals surface area contributed by atoms with E-state index < -0.39 is 11.7 Å². The van der Waals surface area contributed by atoms with Gasteiger partial charge >= 0.3 is 0 Å². The Kier molecular flexibility index (Phi) is 6.86. The van der Waals surface area contributed by atoms with Crippen LogP contribution in [-0.4, -0.2) is 48.0 Å². The molecule has 0 aliphatic carbocycles. The predicted molar refractivity (Wildman–Crippen MR) is 113 cm³/mol. The van der Waals surface area contributed by atoms with E-state index in [2.05, 4.69) is 25.5 Å². The van der Waals surface area contributed by atoms with Gasteiger partial charge in [0.1, 0.15) is 17.3 Å². The van der Waals surface area contributed by atoms with Crippen LogP contribution in [0.25, 0.3) is 11.4 Å². The third kappa shape index (κ3) is 6.08. The van der Waals surface area contributed by atoms with Gasteiger partial charge in [0.2, 0.25) is 0 Å². The van der Waals surface area contributed by atoms with Gasteiger partial charge in [0, 0.05) is 23.9 Å². The van der Waals surface area contributed by atoms with Crippen molar-refractivity contribution in [1.82, 2.24) is 14.9 Å². The Balaban J connectivity index is 1.84. The van der Waals surface area contributed by atoms with Crippen LogP contribution in [-0.2, 0) is 0 Å². The zero-order chi connectivity index (χ0) is 20.6. The molecular weight excluding hydrogens is 369 g/mol. The van der Waals surface area contributed by atoms with Crippen LogP contribution >= 0.6 is 0 Å². The second-order valence-corrected chi connectivity index (χ2v) is 6.88. The summed E-state index contributed by atoms with van der Waals surface area (Å²) in [5.41, 5.74) is 1.39. The highest BCUT2D eigenvalue weighted by Crippen LogP contribution is 2.19. The molecule has 0 saturated carbocycles. The predicted octanol–water partition coefficient (Wildman–Crippen LogP) is 3.90. The first-order chi connectivity index (χ1) is 14.0. The van der Waals surface area contributed by atoms with Crippen molar-refractivity contribution >= 4 is 17.4 Å². The van der Waals surface area contributed by atoms with Crippen molar-refractivity contribution in [2.24, 2.45) is 0 Å². The fraction of sp³-hybridized carbons (Fsp3) is 0.227. The summed E-state index contributed by atoms with van der Waals surface area (Å²) in [6.07, 6.45) is 0.933. The summed E-state index contributed by atoms with van der Waals surface area (Å²) in [7, 11) is 4.04. The number of nitrogens with one attached hydrogen (secondary N) is 2. The van der Waals surface area contributed by atoms with Crippen LogP contribution in [0.4, 0.5) is 15.9 Å². The van der Waals surface area contributed by atoms with Crippen molar-refractivity contribution in [1.29, 1.82) is 0 Å². The lowest BCUT2D eigenvalue weighted by molar-refractivity contribution is 0.102. The van der Waals surface area contributed by atoms with Crippen LogP contribution in [0.2, 0.25) is 0 Å². The molecule has 3 aromatic rings. The number of amides is 1. The van der Waals surface area contributed by atoms with Gasteiger partial charge in [-0.05, 0) is 45.3 Å². The Hall–Kier alpha value is -3.32. The van der Waals surface area contributed by atoms with Gasteiger partial charge in [-0.2, -0.15) is 0 Å². The summed E-state index contributed by atoms with van der Waals surface area (Å²) in [6, 6.07) is 16.8. The monoisotopic (exact) mass is 393 g/mol. The van der Waals surface area contributed by atoms with Crippen molar-refractivity contribution in [2.75, 3.05) is 37.8 Å². The highest BCUT2D eigenvalue weighted by molar-refractivity contribution is 6.03. The number of hydrogen-bond acceptors (Lipinski definition) is 5. The quantitative estimate of drug-likeness (QED) is 0.568. The number of benzene rings is 2. The minimum Gasteiger partial charge on any atom is -0.370 e. The zero-order valence-electron chi connectivity index (χ0n) is 16.5. The van der Waals surface area contributed by atoms with Gasteiger partial charge in [-0.25, -0.2) is 14.4 Å². The fourth-order valence-electron chi connectivity index (χ4n) is 2.74. The molecule has 0 fully saturated rings. The third-order valence-corrected chi connectivity index (χ3v) is 4.16. The molecule has 3 rings (SSSR count). The van der Waals surface area contributed by atoms with Crippen LogP contribution < -0.4 is 10.6 Å². The molecule has 1 aromatic heterocycles. The SMILES string of the molecule is CN(C)CCCNc1cc(C(=O)Nc2cccc(F)c2)nc(-c2ccccc2)n1. The molecule has 1 heterocycles. The Bertz CT molecular complexity index is 962. The molecular formula is C22H24FN5O. The Morgan fingerprint density at radius 2 is 1.83 bits per heavy atom. The largest absolute Gasteiger partial charge is 0.370 e. The normalized spacial score (nSPS) is 10.8. The molecule has 0 aliphatic rings. The minimum absolute atomic E-state index is 0.207. The lowest BCUT2D eigenvalue weighted by Gasteiger charge is -2.12. The molecule has 7 heteroatoms. The Labute approximate surface area is 169 Å². The van der Waals surface area contributed by atoms with Gasteiger partial charge in [-0.15, -0.1) is 0 Å². The first kappa shape index (κ1) is 20.4. The standard InChI is InChI=1S/C22H24FN5O/c1-28(2)13-7-12-24-20-15-19(22(29)25-18-11-6-10-17(23)14-18)26-21(27-20)16-8-4-3-5-9-16/h3-6,8-11,14-15H,7,12-13H2,1-2H3,(H,25,29)(H,24,26,27). The number of carbonyl (C=O) groups excluding carboxylic acids is 1. The second kappa shape index (κ2) is 9.75. The van der Waals surface area contributed by atoms with E-state index in [1.54, 1.807) is 12.1 Å². The van der Waals surface area contributed by atoms with E-state index in [0.717, 1.165) is 18.5 Å². The molecule has 0 spiro atoms. The molecule has 2 N–H and O–H groups in total. The summed E-state index contributed by atoms with van der Waals surface area (Å²) < 4.78 is 13.4. The molecule has 2 aromatic carbocycles. The van der Waals surface area contributed by atoms with Crippen molar-refractivity contribution in [3.63, 3.8) is 0 Å². The van der Waals surface area contributed by atoms with Crippen LogP contribution in [0.5, 0.6) is 0 Å². The van der Waals surface area contributed by atoms with Crippen LogP contribution in [0.3, 0.4) is 0 Å². The summed E-state index contributed by atoms with van der Waals surface area (Å²) in [5, 5.41) is 5.94. The van der Waals surface area contributed by atoms with E-state index in [9.17, 15) is 9.18 Å². The first-order valence-electron chi connectivity index (χ1n) is 9.41. The molecule has 6 nitrogen and oxygen atoms in total. The maximum Gasteiger partial charge on any atom is 0.274 e. The average Bonchev–Trinajstić information content (AvgIpc) is 2.71. The van der Waals surface area contributed by atoms with Crippen LogP contribution in [0, 0.1) is 5.82 Å². The van der Waals surface area contributed by atoms with E-state index in [1.165, 1.54) is 18.2 Å². The van der Waals surface area contributed by atoms with E-state index >= 15 is 0 Å². The zero-order valence-corrected chi connectivity index (χ0v) is 16.5. The van der Waals surface area contributed by atoms with Gasteiger partial charge in [-0.1, -0.05) is 36.4 Å². The molecule has 150 valence electrons. The Morgan fingerprint density at radius 3 is 2.55 bits per heavy atom. The van der Waals surface area contributed by atoms with Gasteiger partial charge in [0.15, 0.2) is 5.82 Å². The number of carbonyl (C=O) groups is 1. The molecule has 0 radical (unpaired) electrons. The molecule has 0 saturated heterocycles. The van der Waals surface area contributed by atoms with E-state index in [0.29, 0.717) is 23.9 Å². The summed E-state index contributed by atoms with van der Waals surface area (Å²) in [4.78, 5) is 23.8. The van der Waals surface area contributed by atoms with Crippen LogP contribution in [0.1, 0.15) is 16.9 Å². The second-order valence-electron chi connectivity index (χ2n) is 6.88. The van der Waals surface area contributed by atoms with Gasteiger partial charge in [0.05, 0.1) is 0 Å². The molecule has 0 aliphatic heterocycles. The van der Waals surface area contributed by atoms with E-state index in [-0.39, 0.29) is 5.69 Å². The fourth-order valence-corrected chi connectivity index (χ4v) is 2.74. The van der Waals surface area contributed by atoms with Crippen molar-refractivity contribution in [3.8, 4) is 11.4 Å². The molecule has 0 atom stereocenters. The summed E-state index contributed by atoms with van der Waals surface area (Å²) >= 11 is 0. The average molecular weight is 393 g/mol. The highest BCUT2D eigenvalue weighted by atomic mass is 19.1. The molecule has 1 amide bonds. The number of anilines is 2.